The number of aromatic nitrogens is 4. The number of methoxy groups -OCH3 is 1. The van der Waals surface area contributed by atoms with E-state index in [2.05, 4.69) is 21.3 Å². The molecule has 1 N–H and O–H groups in total. The molecule has 0 bridgehead atoms. The summed E-state index contributed by atoms with van der Waals surface area (Å²) in [6, 6.07) is 13.8. The zero-order chi connectivity index (χ0) is 37.8. The highest BCUT2D eigenvalue weighted by Gasteiger charge is 2.37. The molecule has 0 amide bonds. The van der Waals surface area contributed by atoms with E-state index >= 15 is 0 Å². The summed E-state index contributed by atoms with van der Waals surface area (Å²) >= 11 is 7.17. The smallest absolute Gasteiger partial charge is 0.433 e. The van der Waals surface area contributed by atoms with E-state index in [1.54, 1.807) is 26.2 Å². The second kappa shape index (κ2) is 14.1. The Morgan fingerprint density at radius 3 is 2.49 bits per heavy atom. The number of nitrogens with zero attached hydrogens (tertiary/aromatic N) is 5. The van der Waals surface area contributed by atoms with Gasteiger partial charge in [-0.1, -0.05) is 41.9 Å². The van der Waals surface area contributed by atoms with Gasteiger partial charge in [0.1, 0.15) is 23.2 Å². The van der Waals surface area contributed by atoms with Gasteiger partial charge in [0.2, 0.25) is 5.88 Å². The van der Waals surface area contributed by atoms with Gasteiger partial charge < -0.3 is 14.8 Å². The molecular weight excluding hydrogens is 709 g/mol. The van der Waals surface area contributed by atoms with Crippen LogP contribution in [-0.2, 0) is 31.5 Å². The molecule has 276 valence electrons. The molecule has 10 nitrogen and oxygen atoms in total. The van der Waals surface area contributed by atoms with Crippen molar-refractivity contribution in [3.8, 4) is 28.3 Å². The molecule has 1 aliphatic carbocycles. The molecule has 0 saturated carbocycles. The number of carbonyl (C=O) groups is 1. The van der Waals surface area contributed by atoms with Crippen LogP contribution < -0.4 is 21.3 Å². The van der Waals surface area contributed by atoms with Crippen molar-refractivity contribution in [3.05, 3.63) is 96.8 Å². The Morgan fingerprint density at radius 1 is 1.02 bits per heavy atom. The number of alkyl halides is 3. The van der Waals surface area contributed by atoms with Gasteiger partial charge in [-0.3, -0.25) is 18.8 Å². The van der Waals surface area contributed by atoms with Crippen LogP contribution >= 0.6 is 11.6 Å². The van der Waals surface area contributed by atoms with Crippen LogP contribution in [0.3, 0.4) is 0 Å². The molecule has 2 aliphatic rings. The predicted molar refractivity (Wildman–Crippen MR) is 198 cm³/mol. The first kappa shape index (κ1) is 36.4. The van der Waals surface area contributed by atoms with Crippen molar-refractivity contribution in [2.75, 3.05) is 25.5 Å². The highest BCUT2D eigenvalue weighted by molar-refractivity contribution is 6.36. The van der Waals surface area contributed by atoms with Crippen LogP contribution in [0.25, 0.3) is 33.3 Å². The molecule has 0 radical (unpaired) electrons. The Morgan fingerprint density at radius 2 is 1.75 bits per heavy atom. The predicted octanol–water partition coefficient (Wildman–Crippen LogP) is 7.38. The Hall–Kier alpha value is -5.01. The van der Waals surface area contributed by atoms with E-state index in [9.17, 15) is 27.6 Å². The molecule has 7 rings (SSSR count). The maximum atomic E-state index is 14.0. The van der Waals surface area contributed by atoms with Crippen molar-refractivity contribution >= 4 is 40.3 Å². The second-order valence-corrected chi connectivity index (χ2v) is 14.1. The van der Waals surface area contributed by atoms with E-state index in [1.807, 2.05) is 24.3 Å². The third-order valence-corrected chi connectivity index (χ3v) is 11.1. The van der Waals surface area contributed by atoms with Crippen molar-refractivity contribution in [1.29, 1.82) is 0 Å². The minimum Gasteiger partial charge on any atom is -0.481 e. The molecule has 2 atom stereocenters. The van der Waals surface area contributed by atoms with E-state index in [1.165, 1.54) is 14.1 Å². The van der Waals surface area contributed by atoms with Crippen molar-refractivity contribution in [2.24, 2.45) is 20.0 Å². The second-order valence-electron chi connectivity index (χ2n) is 13.8. The summed E-state index contributed by atoms with van der Waals surface area (Å²) in [5.41, 5.74) is 3.02. The number of benzene rings is 2. The molecule has 2 aromatic carbocycles. The molecular formula is C39H38ClF3N6O4. The average molecular weight is 747 g/mol. The number of hydrogen-bond acceptors (Lipinski definition) is 8. The SMILES string of the molecule is COc1nc(-c2cccc(-c3cccc(Nc4nc(C(F)(F)F)cc5c4c(=O)n(C)c(=O)n5C)c3C)c2Cl)cc2c1[C@@H](N1CCC(CCC=O)C1)CC2. The monoisotopic (exact) mass is 746 g/mol. The van der Waals surface area contributed by atoms with E-state index in [-0.39, 0.29) is 22.8 Å². The molecule has 5 aromatic rings. The van der Waals surface area contributed by atoms with Crippen LogP contribution in [0.15, 0.2) is 58.1 Å². The fourth-order valence-electron chi connectivity index (χ4n) is 7.88. The fraction of sp³-hybridized carbons (Fsp3) is 0.359. The molecule has 14 heteroatoms. The number of rotatable bonds is 9. The topological polar surface area (TPSA) is 111 Å². The fourth-order valence-corrected chi connectivity index (χ4v) is 8.20. The maximum Gasteiger partial charge on any atom is 0.433 e. The van der Waals surface area contributed by atoms with E-state index < -0.39 is 23.1 Å². The quantitative estimate of drug-likeness (QED) is 0.156. The number of pyridine rings is 2. The third-order valence-electron chi connectivity index (χ3n) is 10.7. The Balaban J connectivity index is 1.25. The average Bonchev–Trinajstić information content (AvgIpc) is 3.79. The largest absolute Gasteiger partial charge is 0.481 e. The summed E-state index contributed by atoms with van der Waals surface area (Å²) in [6.07, 6.45) is 0.525. The van der Waals surface area contributed by atoms with Gasteiger partial charge in [0.05, 0.1) is 23.3 Å². The number of carbonyl (C=O) groups excluding carboxylic acids is 1. The highest BCUT2D eigenvalue weighted by atomic mass is 35.5. The molecule has 3 aromatic heterocycles. The Kier molecular flexibility index (Phi) is 9.66. The summed E-state index contributed by atoms with van der Waals surface area (Å²) in [5.74, 6) is 0.735. The number of aryl methyl sites for hydroxylation is 2. The van der Waals surface area contributed by atoms with Gasteiger partial charge in [0.15, 0.2) is 0 Å². The number of likely N-dealkylation sites (tertiary alicyclic amines) is 1. The van der Waals surface area contributed by atoms with Crippen LogP contribution in [0, 0.1) is 12.8 Å². The standard InChI is InChI=1S/C39H38ClF3N6O4/c1-21-24(9-6-12-27(21)44-35-33-30(19-31(46-35)39(41,42)43)47(2)38(52)48(3)37(33)51)25-10-5-11-26(34(25)40)28-18-23-13-14-29(32(23)36(45-28)53-4)49-16-15-22(20-49)8-7-17-50/h5-6,9-12,17-19,22,29H,7-8,13-16,20H2,1-4H3,(H,44,46)/t22?,29-/m0/s1. The number of halogens is 4. The van der Waals surface area contributed by atoms with Gasteiger partial charge in [-0.15, -0.1) is 0 Å². The number of hydrogen-bond donors (Lipinski definition) is 1. The van der Waals surface area contributed by atoms with Crippen molar-refractivity contribution in [1.82, 2.24) is 24.0 Å². The normalized spacial score (nSPS) is 17.4. The first-order chi connectivity index (χ1) is 25.3. The van der Waals surface area contributed by atoms with Gasteiger partial charge in [0.25, 0.3) is 5.56 Å². The van der Waals surface area contributed by atoms with E-state index in [4.69, 9.17) is 21.3 Å². The van der Waals surface area contributed by atoms with Crippen LogP contribution in [0.4, 0.5) is 24.7 Å². The van der Waals surface area contributed by atoms with Crippen molar-refractivity contribution in [3.63, 3.8) is 0 Å². The third kappa shape index (κ3) is 6.50. The minimum absolute atomic E-state index is 0.159. The van der Waals surface area contributed by atoms with E-state index in [0.29, 0.717) is 62.9 Å². The maximum absolute atomic E-state index is 14.0. The van der Waals surface area contributed by atoms with Crippen LogP contribution in [0.5, 0.6) is 5.88 Å². The number of nitrogens with one attached hydrogen (secondary N) is 1. The summed E-state index contributed by atoms with van der Waals surface area (Å²) in [4.78, 5) is 48.1. The summed E-state index contributed by atoms with van der Waals surface area (Å²) in [6.45, 7) is 3.71. The molecule has 53 heavy (non-hydrogen) atoms. The van der Waals surface area contributed by atoms with Gasteiger partial charge in [-0.2, -0.15) is 13.2 Å². The lowest BCUT2D eigenvalue weighted by Crippen LogP contribution is -2.37. The van der Waals surface area contributed by atoms with Crippen LogP contribution in [0.1, 0.15) is 54.1 Å². The van der Waals surface area contributed by atoms with Gasteiger partial charge in [0, 0.05) is 55.5 Å². The number of aldehydes is 1. The molecule has 0 spiro atoms. The van der Waals surface area contributed by atoms with Crippen LogP contribution in [0.2, 0.25) is 5.02 Å². The van der Waals surface area contributed by atoms with Gasteiger partial charge in [-0.25, -0.2) is 14.8 Å². The van der Waals surface area contributed by atoms with Crippen LogP contribution in [-0.4, -0.2) is 50.5 Å². The first-order valence-corrected chi connectivity index (χ1v) is 17.8. The molecule has 1 saturated heterocycles. The number of ether oxygens (including phenoxy) is 1. The highest BCUT2D eigenvalue weighted by Crippen LogP contribution is 2.46. The molecule has 4 heterocycles. The molecule has 1 unspecified atom stereocenters. The van der Waals surface area contributed by atoms with Crippen molar-refractivity contribution < 1.29 is 22.7 Å². The number of fused-ring (bicyclic) bond motifs is 2. The Bertz CT molecular complexity index is 2390. The zero-order valence-electron chi connectivity index (χ0n) is 29.7. The van der Waals surface area contributed by atoms with Gasteiger partial charge in [-0.05, 0) is 80.0 Å². The minimum atomic E-state index is -4.84. The number of anilines is 2. The Labute approximate surface area is 308 Å². The lowest BCUT2D eigenvalue weighted by molar-refractivity contribution is -0.141. The van der Waals surface area contributed by atoms with Gasteiger partial charge >= 0.3 is 11.9 Å². The summed E-state index contributed by atoms with van der Waals surface area (Å²) < 4.78 is 49.7. The summed E-state index contributed by atoms with van der Waals surface area (Å²) in [7, 11) is 4.19. The lowest BCUT2D eigenvalue weighted by Gasteiger charge is -2.26. The lowest BCUT2D eigenvalue weighted by atomic mass is 9.96. The zero-order valence-corrected chi connectivity index (χ0v) is 30.4. The first-order valence-electron chi connectivity index (χ1n) is 17.4. The molecule has 1 aliphatic heterocycles. The van der Waals surface area contributed by atoms with E-state index in [0.717, 1.165) is 65.3 Å². The molecule has 1 fully saturated rings. The van der Waals surface area contributed by atoms with Crippen molar-refractivity contribution in [2.45, 2.75) is 51.2 Å². The summed E-state index contributed by atoms with van der Waals surface area (Å²) in [5, 5.41) is 3.24.